The maximum Gasteiger partial charge on any atom is 0.211 e. The van der Waals surface area contributed by atoms with Gasteiger partial charge in [0.15, 0.2) is 0 Å². The van der Waals surface area contributed by atoms with Gasteiger partial charge in [0.2, 0.25) is 9.23 Å². The zero-order valence-electron chi connectivity index (χ0n) is 1.89. The zero-order valence-corrected chi connectivity index (χ0v) is 6.49. The molecule has 1 nitrogen and oxygen atoms in total. The molecule has 36 valence electrons. The predicted octanol–water partition coefficient (Wildman–Crippen LogP) is 1.04. The van der Waals surface area contributed by atoms with Crippen LogP contribution in [0.25, 0.3) is 0 Å². The molecule has 0 amide bonds. The summed E-state index contributed by atoms with van der Waals surface area (Å²) in [6.45, 7) is 0. The molecule has 0 rings (SSSR count). The fourth-order valence-electron chi connectivity index (χ4n) is 0. The van der Waals surface area contributed by atoms with E-state index in [0.717, 1.165) is 0 Å². The van der Waals surface area contributed by atoms with E-state index in [-0.39, 0.29) is 21.1 Å². The summed E-state index contributed by atoms with van der Waals surface area (Å²) in [7, 11) is 7.36. The van der Waals surface area contributed by atoms with Crippen molar-refractivity contribution in [2.45, 2.75) is 0 Å². The van der Waals surface area contributed by atoms with Gasteiger partial charge in [0, 0.05) is 42.4 Å². The average Bonchev–Trinajstić information content (AvgIpc) is 0.811. The molecule has 0 aliphatic carbocycles. The summed E-state index contributed by atoms with van der Waals surface area (Å²) < 4.78 is 9.09. The van der Waals surface area contributed by atoms with Gasteiger partial charge in [-0.25, -0.2) is 4.21 Å². The van der Waals surface area contributed by atoms with Crippen molar-refractivity contribution in [3.05, 3.63) is 0 Å². The third-order valence-electron chi connectivity index (χ3n) is 0. The third kappa shape index (κ3) is 31.5. The molecule has 0 aromatic carbocycles. The summed E-state index contributed by atoms with van der Waals surface area (Å²) in [5.41, 5.74) is 0. The molecule has 0 saturated carbocycles. The molecule has 0 atom stereocenters. The van der Waals surface area contributed by atoms with Crippen LogP contribution in [0.4, 0.5) is 0 Å². The first-order valence-electron chi connectivity index (χ1n) is 0.475. The molecule has 0 radical (unpaired) electrons. The van der Waals surface area contributed by atoms with Crippen molar-refractivity contribution in [2.24, 2.45) is 0 Å². The fourth-order valence-corrected chi connectivity index (χ4v) is 0. The van der Waals surface area contributed by atoms with E-state index in [9.17, 15) is 0 Å². The number of hydrogen-bond acceptors (Lipinski definition) is 1. The van der Waals surface area contributed by atoms with Crippen LogP contribution in [0.2, 0.25) is 0 Å². The van der Waals surface area contributed by atoms with Crippen LogP contribution in [0.5, 0.6) is 0 Å². The molecule has 0 spiro atoms. The molecule has 0 aromatic rings. The van der Waals surface area contributed by atoms with Gasteiger partial charge in [-0.2, -0.15) is 0 Å². The number of halogens is 2. The minimum absolute atomic E-state index is 0. The van der Waals surface area contributed by atoms with Crippen molar-refractivity contribution in [2.75, 3.05) is 0 Å². The van der Waals surface area contributed by atoms with Gasteiger partial charge in [-0.05, 0) is 0 Å². The molecule has 0 heterocycles. The van der Waals surface area contributed by atoms with E-state index < -0.39 is 9.23 Å². The van der Waals surface area contributed by atoms with E-state index in [2.05, 4.69) is 21.4 Å². The number of hydrogen-bond donors (Lipinski definition) is 0. The molecule has 5 heteroatoms. The van der Waals surface area contributed by atoms with Crippen molar-refractivity contribution >= 4 is 30.6 Å². The van der Waals surface area contributed by atoms with Crippen molar-refractivity contribution < 1.29 is 25.3 Å². The quantitative estimate of drug-likeness (QED) is 0.611. The Labute approximate surface area is 55.8 Å². The largest absolute Gasteiger partial charge is 0.225 e. The molecule has 0 aliphatic rings. The predicted molar refractivity (Wildman–Crippen MR) is 19.8 cm³/mol. The van der Waals surface area contributed by atoms with Crippen LogP contribution in [0.3, 0.4) is 0 Å². The second-order valence-electron chi connectivity index (χ2n) is 0.184. The first-order valence-corrected chi connectivity index (χ1v) is 3.28. The second-order valence-corrected chi connectivity index (χ2v) is 2.71. The van der Waals surface area contributed by atoms with Crippen LogP contribution < -0.4 is 0 Å². The van der Waals surface area contributed by atoms with Gasteiger partial charge in [0.25, 0.3) is 0 Å². The van der Waals surface area contributed by atoms with Gasteiger partial charge >= 0.3 is 0 Å². The Morgan fingerprint density at radius 2 is 1.40 bits per heavy atom. The second kappa shape index (κ2) is 5.42. The summed E-state index contributed by atoms with van der Waals surface area (Å²) in [4.78, 5) is 0. The summed E-state index contributed by atoms with van der Waals surface area (Å²) in [6, 6.07) is 0. The van der Waals surface area contributed by atoms with Gasteiger partial charge in [-0.15, -0.1) is 0 Å². The van der Waals surface area contributed by atoms with Gasteiger partial charge in [-0.1, -0.05) is 0 Å². The Kier molecular flexibility index (Phi) is 10.5. The standard InChI is InChI=1S/Cl2OS.Pt/c1-4(2)3;. The van der Waals surface area contributed by atoms with Gasteiger partial charge in [0.1, 0.15) is 0 Å². The maximum atomic E-state index is 9.09. The Balaban J connectivity index is 0. The van der Waals surface area contributed by atoms with E-state index in [1.165, 1.54) is 0 Å². The van der Waals surface area contributed by atoms with Gasteiger partial charge in [0.05, 0.1) is 0 Å². The van der Waals surface area contributed by atoms with Crippen LogP contribution in [-0.2, 0) is 30.3 Å². The third-order valence-corrected chi connectivity index (χ3v) is 0. The summed E-state index contributed by atoms with van der Waals surface area (Å²) in [5.74, 6) is 0. The topological polar surface area (TPSA) is 17.1 Å². The summed E-state index contributed by atoms with van der Waals surface area (Å²) in [5, 5.41) is 0. The van der Waals surface area contributed by atoms with Gasteiger partial charge < -0.3 is 0 Å². The molecular weight excluding hydrogens is 314 g/mol. The van der Waals surface area contributed by atoms with Gasteiger partial charge in [-0.3, -0.25) is 0 Å². The molecule has 0 unspecified atom stereocenters. The van der Waals surface area contributed by atoms with Crippen molar-refractivity contribution in [3.63, 3.8) is 0 Å². The van der Waals surface area contributed by atoms with E-state index >= 15 is 0 Å². The fraction of sp³-hybridized carbons (Fsp3) is 0. The van der Waals surface area contributed by atoms with Crippen molar-refractivity contribution in [1.29, 1.82) is 0 Å². The zero-order chi connectivity index (χ0) is 3.58. The molecule has 0 N–H and O–H groups in total. The van der Waals surface area contributed by atoms with E-state index in [4.69, 9.17) is 4.21 Å². The SMILES string of the molecule is O=S(Cl)Cl.[Pt]. The van der Waals surface area contributed by atoms with Crippen LogP contribution >= 0.6 is 21.4 Å². The first kappa shape index (κ1) is 9.65. The first-order chi connectivity index (χ1) is 1.73. The van der Waals surface area contributed by atoms with Crippen molar-refractivity contribution in [1.82, 2.24) is 0 Å². The van der Waals surface area contributed by atoms with Crippen LogP contribution in [0.1, 0.15) is 0 Å². The Morgan fingerprint density at radius 1 is 1.40 bits per heavy atom. The normalized spacial score (nSPS) is 7.00. The number of rotatable bonds is 0. The smallest absolute Gasteiger partial charge is 0.211 e. The van der Waals surface area contributed by atoms with Crippen molar-refractivity contribution in [3.8, 4) is 0 Å². The summed E-state index contributed by atoms with van der Waals surface area (Å²) in [6.07, 6.45) is 0. The molecule has 0 fully saturated rings. The van der Waals surface area contributed by atoms with E-state index in [1.807, 2.05) is 0 Å². The molecule has 0 aromatic heterocycles. The minimum atomic E-state index is -1.67. The van der Waals surface area contributed by atoms with E-state index in [1.54, 1.807) is 0 Å². The van der Waals surface area contributed by atoms with E-state index in [0.29, 0.717) is 0 Å². The Bertz CT molecular complexity index is 32.6. The average molecular weight is 314 g/mol. The molecular formula is Cl2OPtS. The summed E-state index contributed by atoms with van der Waals surface area (Å²) >= 11 is 0. The maximum absolute atomic E-state index is 9.09. The molecule has 0 bridgehead atoms. The Morgan fingerprint density at radius 3 is 1.40 bits per heavy atom. The molecule has 0 aliphatic heterocycles. The molecule has 5 heavy (non-hydrogen) atoms. The monoisotopic (exact) mass is 313 g/mol. The van der Waals surface area contributed by atoms with Crippen LogP contribution in [0, 0.1) is 0 Å². The van der Waals surface area contributed by atoms with Crippen LogP contribution in [0.15, 0.2) is 0 Å². The minimum Gasteiger partial charge on any atom is -0.225 e. The van der Waals surface area contributed by atoms with Crippen LogP contribution in [-0.4, -0.2) is 4.21 Å². The molecule has 0 saturated heterocycles. The Hall–Kier alpha value is 1.42.